The summed E-state index contributed by atoms with van der Waals surface area (Å²) < 4.78 is 29.1. The van der Waals surface area contributed by atoms with Crippen molar-refractivity contribution in [3.8, 4) is 5.75 Å². The molecule has 0 heterocycles. The molecule has 0 aliphatic carbocycles. The standard InChI is InChI=1S/C12H16O5S/c1-17-10-6-2-3-7-11(10)18(15,16)9-5-4-8-12(13)14/h2-3,6-7H,4-5,8-9H2,1H3,(H,13,14). The zero-order valence-electron chi connectivity index (χ0n) is 10.1. The molecule has 0 saturated heterocycles. The van der Waals surface area contributed by atoms with Crippen LogP contribution in [0.2, 0.25) is 0 Å². The van der Waals surface area contributed by atoms with Crippen LogP contribution < -0.4 is 4.74 Å². The SMILES string of the molecule is COc1ccccc1S(=O)(=O)CCCCC(=O)O. The lowest BCUT2D eigenvalue weighted by Crippen LogP contribution is -2.09. The second-order valence-corrected chi connectivity index (χ2v) is 5.90. The molecule has 0 saturated carbocycles. The highest BCUT2D eigenvalue weighted by molar-refractivity contribution is 7.91. The van der Waals surface area contributed by atoms with Crippen LogP contribution in [0.25, 0.3) is 0 Å². The van der Waals surface area contributed by atoms with Gasteiger partial charge in [-0.15, -0.1) is 0 Å². The van der Waals surface area contributed by atoms with Gasteiger partial charge in [0.05, 0.1) is 12.9 Å². The van der Waals surface area contributed by atoms with Crippen molar-refractivity contribution < 1.29 is 23.1 Å². The third-order valence-electron chi connectivity index (χ3n) is 2.46. The Morgan fingerprint density at radius 1 is 1.28 bits per heavy atom. The molecule has 0 amide bonds. The Balaban J connectivity index is 2.71. The minimum absolute atomic E-state index is 0.0125. The van der Waals surface area contributed by atoms with Gasteiger partial charge in [-0.05, 0) is 25.0 Å². The summed E-state index contributed by atoms with van der Waals surface area (Å²) in [5, 5.41) is 8.47. The fraction of sp³-hybridized carbons (Fsp3) is 0.417. The van der Waals surface area contributed by atoms with E-state index < -0.39 is 15.8 Å². The zero-order chi connectivity index (χ0) is 13.6. The number of carboxylic acid groups (broad SMARTS) is 1. The van der Waals surface area contributed by atoms with Crippen molar-refractivity contribution in [3.63, 3.8) is 0 Å². The molecule has 1 rings (SSSR count). The smallest absolute Gasteiger partial charge is 0.303 e. The first kappa shape index (κ1) is 14.5. The van der Waals surface area contributed by atoms with Crippen LogP contribution in [-0.2, 0) is 14.6 Å². The van der Waals surface area contributed by atoms with E-state index in [1.165, 1.54) is 13.2 Å². The highest BCUT2D eigenvalue weighted by atomic mass is 32.2. The highest BCUT2D eigenvalue weighted by Crippen LogP contribution is 2.24. The Morgan fingerprint density at radius 2 is 1.94 bits per heavy atom. The summed E-state index contributed by atoms with van der Waals surface area (Å²) in [6.45, 7) is 0. The average molecular weight is 272 g/mol. The van der Waals surface area contributed by atoms with Crippen molar-refractivity contribution in [3.05, 3.63) is 24.3 Å². The number of sulfone groups is 1. The third-order valence-corrected chi connectivity index (χ3v) is 4.29. The number of methoxy groups -OCH3 is 1. The van der Waals surface area contributed by atoms with Crippen LogP contribution >= 0.6 is 0 Å². The molecule has 0 unspecified atom stereocenters. The Hall–Kier alpha value is -1.56. The summed E-state index contributed by atoms with van der Waals surface area (Å²) in [5.41, 5.74) is 0. The van der Waals surface area contributed by atoms with Crippen molar-refractivity contribution >= 4 is 15.8 Å². The number of rotatable bonds is 7. The number of unbranched alkanes of at least 4 members (excludes halogenated alkanes) is 1. The van der Waals surface area contributed by atoms with Crippen LogP contribution in [0.1, 0.15) is 19.3 Å². The van der Waals surface area contributed by atoms with Gasteiger partial charge in [0.2, 0.25) is 0 Å². The molecule has 1 aromatic rings. The van der Waals surface area contributed by atoms with Gasteiger partial charge in [-0.3, -0.25) is 4.79 Å². The second kappa shape index (κ2) is 6.39. The van der Waals surface area contributed by atoms with Gasteiger partial charge in [-0.25, -0.2) is 8.42 Å². The fourth-order valence-electron chi connectivity index (χ4n) is 1.55. The maximum Gasteiger partial charge on any atom is 0.303 e. The summed E-state index contributed by atoms with van der Waals surface area (Å²) in [5.74, 6) is -0.666. The van der Waals surface area contributed by atoms with Crippen molar-refractivity contribution in [2.45, 2.75) is 24.2 Å². The molecule has 0 aliphatic rings. The molecule has 18 heavy (non-hydrogen) atoms. The first-order valence-electron chi connectivity index (χ1n) is 5.55. The minimum Gasteiger partial charge on any atom is -0.495 e. The van der Waals surface area contributed by atoms with E-state index in [0.29, 0.717) is 18.6 Å². The zero-order valence-corrected chi connectivity index (χ0v) is 10.9. The van der Waals surface area contributed by atoms with Gasteiger partial charge >= 0.3 is 5.97 Å². The van der Waals surface area contributed by atoms with Gasteiger partial charge in [0.15, 0.2) is 9.84 Å². The van der Waals surface area contributed by atoms with Gasteiger partial charge in [0, 0.05) is 6.42 Å². The van der Waals surface area contributed by atoms with E-state index >= 15 is 0 Å². The van der Waals surface area contributed by atoms with E-state index in [2.05, 4.69) is 0 Å². The van der Waals surface area contributed by atoms with Crippen LogP contribution in [0, 0.1) is 0 Å². The molecule has 0 bridgehead atoms. The van der Waals surface area contributed by atoms with Crippen LogP contribution in [-0.4, -0.2) is 32.4 Å². The summed E-state index contributed by atoms with van der Waals surface area (Å²) in [6.07, 6.45) is 0.665. The van der Waals surface area contributed by atoms with Gasteiger partial charge in [0.25, 0.3) is 0 Å². The monoisotopic (exact) mass is 272 g/mol. The predicted octanol–water partition coefficient (Wildman–Crippen LogP) is 1.72. The highest BCUT2D eigenvalue weighted by Gasteiger charge is 2.18. The summed E-state index contributed by atoms with van der Waals surface area (Å²) in [4.78, 5) is 10.5. The first-order valence-corrected chi connectivity index (χ1v) is 7.20. The molecule has 0 aliphatic heterocycles. The number of benzene rings is 1. The Labute approximate surface area is 106 Å². The van der Waals surface area contributed by atoms with Crippen LogP contribution in [0.4, 0.5) is 0 Å². The largest absolute Gasteiger partial charge is 0.495 e. The fourth-order valence-corrected chi connectivity index (χ4v) is 3.10. The molecular weight excluding hydrogens is 256 g/mol. The summed E-state index contributed by atoms with van der Waals surface area (Å²) >= 11 is 0. The van der Waals surface area contributed by atoms with E-state index in [1.54, 1.807) is 18.2 Å². The van der Waals surface area contributed by atoms with Gasteiger partial charge in [-0.2, -0.15) is 0 Å². The lowest BCUT2D eigenvalue weighted by molar-refractivity contribution is -0.137. The van der Waals surface area contributed by atoms with Crippen LogP contribution in [0.3, 0.4) is 0 Å². The number of aliphatic carboxylic acids is 1. The van der Waals surface area contributed by atoms with Crippen molar-refractivity contribution in [2.75, 3.05) is 12.9 Å². The van der Waals surface area contributed by atoms with Crippen molar-refractivity contribution in [1.82, 2.24) is 0 Å². The molecular formula is C12H16O5S. The van der Waals surface area contributed by atoms with E-state index in [-0.39, 0.29) is 17.1 Å². The molecule has 0 atom stereocenters. The second-order valence-electron chi connectivity index (χ2n) is 3.82. The van der Waals surface area contributed by atoms with Gasteiger partial charge < -0.3 is 9.84 Å². The summed E-state index contributed by atoms with van der Waals surface area (Å²) in [7, 11) is -2.00. The average Bonchev–Trinajstić information content (AvgIpc) is 2.34. The molecule has 0 aromatic heterocycles. The lowest BCUT2D eigenvalue weighted by Gasteiger charge is -2.08. The number of hydrogen-bond donors (Lipinski definition) is 1. The van der Waals surface area contributed by atoms with Gasteiger partial charge in [0.1, 0.15) is 10.6 Å². The lowest BCUT2D eigenvalue weighted by atomic mass is 10.2. The van der Waals surface area contributed by atoms with E-state index in [0.717, 1.165) is 0 Å². The molecule has 100 valence electrons. The van der Waals surface area contributed by atoms with Crippen LogP contribution in [0.5, 0.6) is 5.75 Å². The number of hydrogen-bond acceptors (Lipinski definition) is 4. The Morgan fingerprint density at radius 3 is 2.56 bits per heavy atom. The van der Waals surface area contributed by atoms with E-state index in [4.69, 9.17) is 9.84 Å². The molecule has 0 spiro atoms. The predicted molar refractivity (Wildman–Crippen MR) is 66.5 cm³/mol. The van der Waals surface area contributed by atoms with E-state index in [1.807, 2.05) is 0 Å². The molecule has 1 N–H and O–H groups in total. The normalized spacial score (nSPS) is 11.2. The molecule has 0 radical (unpaired) electrons. The van der Waals surface area contributed by atoms with Crippen molar-refractivity contribution in [2.24, 2.45) is 0 Å². The molecule has 1 aromatic carbocycles. The maximum absolute atomic E-state index is 12.0. The Kier molecular flexibility index (Phi) is 5.15. The molecule has 5 nitrogen and oxygen atoms in total. The topological polar surface area (TPSA) is 80.7 Å². The number of carboxylic acids is 1. The van der Waals surface area contributed by atoms with Gasteiger partial charge in [-0.1, -0.05) is 12.1 Å². The first-order chi connectivity index (χ1) is 8.47. The quantitative estimate of drug-likeness (QED) is 0.764. The molecule has 6 heteroatoms. The number of ether oxygens (including phenoxy) is 1. The third kappa shape index (κ3) is 4.03. The Bertz CT molecular complexity index is 507. The number of carbonyl (C=O) groups is 1. The minimum atomic E-state index is -3.42. The van der Waals surface area contributed by atoms with E-state index in [9.17, 15) is 13.2 Å². The summed E-state index contributed by atoms with van der Waals surface area (Å²) in [6, 6.07) is 6.41. The van der Waals surface area contributed by atoms with Crippen LogP contribution in [0.15, 0.2) is 29.2 Å². The maximum atomic E-state index is 12.0. The molecule has 0 fully saturated rings. The van der Waals surface area contributed by atoms with Crippen molar-refractivity contribution in [1.29, 1.82) is 0 Å². The number of para-hydroxylation sites is 1.